The van der Waals surface area contributed by atoms with Crippen LogP contribution in [0.3, 0.4) is 0 Å². The zero-order valence-corrected chi connectivity index (χ0v) is 17.1. The van der Waals surface area contributed by atoms with Crippen LogP contribution in [-0.4, -0.2) is 26.4 Å². The second kappa shape index (κ2) is 5.73. The van der Waals surface area contributed by atoms with E-state index in [0.717, 1.165) is 12.8 Å². The minimum absolute atomic E-state index is 0.196. The Morgan fingerprint density at radius 3 is 2.23 bits per heavy atom. The van der Waals surface area contributed by atoms with Gasteiger partial charge in [0.15, 0.2) is 0 Å². The third-order valence-corrected chi connectivity index (χ3v) is 12.7. The number of rotatable bonds is 4. The fourth-order valence-corrected chi connectivity index (χ4v) is 11.6. The van der Waals surface area contributed by atoms with Crippen molar-refractivity contribution in [1.82, 2.24) is 7.06 Å². The van der Waals surface area contributed by atoms with Gasteiger partial charge in [-0.3, -0.25) is 0 Å². The van der Waals surface area contributed by atoms with Crippen molar-refractivity contribution < 1.29 is 9.53 Å². The first kappa shape index (κ1) is 16.4. The molecule has 122 valence electrons. The number of carbonyl (C=O) groups excluding carboxylic acids is 1. The van der Waals surface area contributed by atoms with Crippen LogP contribution in [0.2, 0.25) is 0 Å². The van der Waals surface area contributed by atoms with Crippen molar-refractivity contribution in [3.63, 3.8) is 0 Å². The number of nitrogens with one attached hydrogen (secondary N) is 2. The standard InChI is InChI=1S/C15H23BI2N2O2/c16-14(17,15-18(19-15)20-15)12(21)22-13(9-5-2-6-10-13)11-7-3-1-4-8-11/h11,19-20H,1-10H2. The molecule has 2 radical (unpaired) electrons. The van der Waals surface area contributed by atoms with Crippen LogP contribution in [0.15, 0.2) is 0 Å². The number of halogens is 2. The molecule has 1 unspecified atom stereocenters. The normalized spacial score (nSPS) is 33.4. The predicted octanol–water partition coefficient (Wildman–Crippen LogP) is 3.31. The molecule has 0 aromatic heterocycles. The summed E-state index contributed by atoms with van der Waals surface area (Å²) in [6.07, 6.45) is 12.0. The summed E-state index contributed by atoms with van der Waals surface area (Å²) >= 11 is 0.853. The summed E-state index contributed by atoms with van der Waals surface area (Å²) < 4.78 is 11.8. The molecule has 4 fully saturated rings. The molecule has 4 nitrogen and oxygen atoms in total. The molecule has 2 saturated heterocycles. The van der Waals surface area contributed by atoms with Crippen molar-refractivity contribution >= 4 is 56.8 Å². The van der Waals surface area contributed by atoms with Gasteiger partial charge in [0.2, 0.25) is 0 Å². The third-order valence-electron chi connectivity index (χ3n) is 5.80. The molecular weight excluding hydrogens is 505 g/mol. The van der Waals surface area contributed by atoms with E-state index in [-0.39, 0.29) is 15.2 Å². The molecule has 0 spiro atoms. The average molecular weight is 528 g/mol. The van der Waals surface area contributed by atoms with Crippen molar-refractivity contribution in [1.29, 1.82) is 0 Å². The van der Waals surface area contributed by atoms with E-state index in [9.17, 15) is 4.79 Å². The summed E-state index contributed by atoms with van der Waals surface area (Å²) in [6, 6.07) is 0. The Kier molecular flexibility index (Phi) is 4.27. The second-order valence-electron chi connectivity index (χ2n) is 7.19. The van der Waals surface area contributed by atoms with Gasteiger partial charge >= 0.3 is 156 Å². The van der Waals surface area contributed by atoms with Gasteiger partial charge in [-0.05, 0) is 0 Å². The molecule has 2 N–H and O–H groups in total. The molecule has 2 aliphatic carbocycles. The Morgan fingerprint density at radius 2 is 1.68 bits per heavy atom. The summed E-state index contributed by atoms with van der Waals surface area (Å²) in [4.78, 5) is 12.9. The number of hydrogen-bond acceptors (Lipinski definition) is 4. The quantitative estimate of drug-likeness (QED) is 0.112. The van der Waals surface area contributed by atoms with Crippen molar-refractivity contribution in [2.45, 2.75) is 76.8 Å². The first-order valence-electron chi connectivity index (χ1n) is 8.47. The van der Waals surface area contributed by atoms with Gasteiger partial charge in [-0.15, -0.1) is 0 Å². The van der Waals surface area contributed by atoms with Crippen molar-refractivity contribution in [3.8, 4) is 0 Å². The van der Waals surface area contributed by atoms with E-state index in [1.54, 1.807) is 0 Å². The fraction of sp³-hybridized carbons (Fsp3) is 0.933. The molecule has 2 aliphatic heterocycles. The van der Waals surface area contributed by atoms with E-state index in [1.807, 2.05) is 0 Å². The van der Waals surface area contributed by atoms with E-state index in [0.29, 0.717) is 5.92 Å². The first-order valence-corrected chi connectivity index (χ1v) is 12.8. The molecule has 22 heavy (non-hydrogen) atoms. The molecule has 0 amide bonds. The molecule has 2 heterocycles. The van der Waals surface area contributed by atoms with Crippen LogP contribution < -0.4 is 7.06 Å². The van der Waals surface area contributed by atoms with E-state index >= 15 is 0 Å². The number of esters is 1. The molecule has 7 heteroatoms. The topological polar surface area (TPSA) is 70.2 Å². The molecule has 1 atom stereocenters. The number of carbonyl (C=O) groups is 1. The zero-order valence-electron chi connectivity index (χ0n) is 12.8. The maximum absolute atomic E-state index is 12.9. The van der Waals surface area contributed by atoms with E-state index in [2.05, 4.69) is 29.7 Å². The van der Waals surface area contributed by atoms with E-state index in [4.69, 9.17) is 12.6 Å². The number of alkyl halides is 2. The monoisotopic (exact) mass is 528 g/mol. The van der Waals surface area contributed by atoms with Gasteiger partial charge in [0.05, 0.1) is 0 Å². The minimum atomic E-state index is -1.25. The van der Waals surface area contributed by atoms with Gasteiger partial charge in [-0.25, -0.2) is 0 Å². The number of ether oxygens (including phenoxy) is 1. The molecule has 4 aliphatic rings. The Bertz CT molecular complexity index is 470. The van der Waals surface area contributed by atoms with Gasteiger partial charge in [0.1, 0.15) is 0 Å². The van der Waals surface area contributed by atoms with Gasteiger partial charge in [-0.2, -0.15) is 0 Å². The molecule has 0 aromatic rings. The summed E-state index contributed by atoms with van der Waals surface area (Å²) in [6.45, 7) is 0. The van der Waals surface area contributed by atoms with Crippen molar-refractivity contribution in [2.24, 2.45) is 5.92 Å². The third kappa shape index (κ3) is 2.56. The Labute approximate surface area is 155 Å². The van der Waals surface area contributed by atoms with Gasteiger partial charge in [-0.1, -0.05) is 0 Å². The predicted molar refractivity (Wildman–Crippen MR) is 104 cm³/mol. The molecule has 4 rings (SSSR count). The second-order valence-corrected chi connectivity index (χ2v) is 13.2. The summed E-state index contributed by atoms with van der Waals surface area (Å²) in [5, 5.41) is 0. The first-order chi connectivity index (χ1) is 10.5. The summed E-state index contributed by atoms with van der Waals surface area (Å²) in [5.74, 6) is 0.349. The van der Waals surface area contributed by atoms with E-state index < -0.39 is 23.7 Å². The van der Waals surface area contributed by atoms with Crippen LogP contribution in [0.4, 0.5) is 0 Å². The Hall–Kier alpha value is 0.915. The van der Waals surface area contributed by atoms with Gasteiger partial charge < -0.3 is 0 Å². The van der Waals surface area contributed by atoms with Crippen LogP contribution in [0.5, 0.6) is 0 Å². The fourth-order valence-electron chi connectivity index (χ4n) is 4.27. The van der Waals surface area contributed by atoms with Crippen molar-refractivity contribution in [3.05, 3.63) is 0 Å². The molecule has 0 bridgehead atoms. The van der Waals surface area contributed by atoms with Crippen LogP contribution in [0.25, 0.3) is 0 Å². The number of fused-ring (bicyclic) bond motifs is 1. The maximum atomic E-state index is 12.9. The molecule has 0 aromatic carbocycles. The zero-order chi connectivity index (χ0) is 15.4. The van der Waals surface area contributed by atoms with Crippen molar-refractivity contribution in [2.75, 3.05) is 0 Å². The van der Waals surface area contributed by atoms with Crippen LogP contribution in [0.1, 0.15) is 64.2 Å². The summed E-state index contributed by atoms with van der Waals surface area (Å²) in [5.41, 5.74) is -0.231. The van der Waals surface area contributed by atoms with Crippen LogP contribution in [-0.2, 0) is 9.53 Å². The SMILES string of the molecule is [B]C(I)(C(=O)OC1(C2CCCCC2)CCCCC1)C12NI1N2. The molecular formula is C15H23BI2N2O2. The van der Waals surface area contributed by atoms with Crippen LogP contribution in [0, 0.1) is 5.92 Å². The van der Waals surface area contributed by atoms with Gasteiger partial charge in [0.25, 0.3) is 0 Å². The van der Waals surface area contributed by atoms with Gasteiger partial charge in [0, 0.05) is 0 Å². The Balaban J connectivity index is 1.51. The van der Waals surface area contributed by atoms with Crippen LogP contribution >= 0.6 is 43.0 Å². The Morgan fingerprint density at radius 1 is 1.14 bits per heavy atom. The summed E-state index contributed by atoms with van der Waals surface area (Å²) in [7, 11) is 6.37. The average Bonchev–Trinajstić information content (AvgIpc) is 3.39. The molecule has 2 saturated carbocycles. The van der Waals surface area contributed by atoms with E-state index in [1.165, 1.54) is 51.4 Å². The number of hydrogen-bond donors (Lipinski definition) is 2.